The maximum atomic E-state index is 9.26. The van der Waals surface area contributed by atoms with Crippen molar-refractivity contribution in [3.05, 3.63) is 42.4 Å². The largest absolute Gasteiger partial charge is 0.427 e. The molecule has 0 atom stereocenters. The van der Waals surface area contributed by atoms with E-state index >= 15 is 0 Å². The molecule has 0 fully saturated rings. The predicted molar refractivity (Wildman–Crippen MR) is 49.6 cm³/mol. The second-order valence-electron chi connectivity index (χ2n) is 2.89. The predicted octanol–water partition coefficient (Wildman–Crippen LogP) is 2.10. The molecule has 1 heterocycles. The van der Waals surface area contributed by atoms with Gasteiger partial charge in [-0.05, 0) is 6.92 Å². The molecule has 66 valence electrons. The fraction of sp³-hybridized carbons (Fsp3) is 0.100. The Morgan fingerprint density at radius 2 is 1.92 bits per heavy atom. The van der Waals surface area contributed by atoms with E-state index in [4.69, 9.17) is 0 Å². The molecule has 0 radical (unpaired) electrons. The van der Waals surface area contributed by atoms with Crippen LogP contribution in [0.25, 0.3) is 11.3 Å². The highest BCUT2D eigenvalue weighted by Crippen LogP contribution is 2.19. The second-order valence-corrected chi connectivity index (χ2v) is 2.89. The first kappa shape index (κ1) is 7.86. The fourth-order valence-electron chi connectivity index (χ4n) is 1.28. The van der Waals surface area contributed by atoms with Crippen molar-refractivity contribution in [3.8, 4) is 11.3 Å². The molecular weight excluding hydrogens is 164 g/mol. The molecule has 0 saturated heterocycles. The molecule has 1 aromatic carbocycles. The number of hydrogen-bond acceptors (Lipinski definition) is 2. The molecule has 0 spiro atoms. The highest BCUT2D eigenvalue weighted by atomic mass is 16.5. The lowest BCUT2D eigenvalue weighted by atomic mass is 10.1. The van der Waals surface area contributed by atoms with Crippen LogP contribution in [-0.2, 0) is 0 Å². The van der Waals surface area contributed by atoms with Crippen LogP contribution >= 0.6 is 0 Å². The van der Waals surface area contributed by atoms with Crippen molar-refractivity contribution in [3.63, 3.8) is 0 Å². The van der Waals surface area contributed by atoms with Crippen LogP contribution in [0.15, 0.2) is 36.7 Å². The Bertz CT molecular complexity index is 406. The zero-order chi connectivity index (χ0) is 9.26. The minimum atomic E-state index is 0.756. The van der Waals surface area contributed by atoms with Crippen molar-refractivity contribution in [1.82, 2.24) is 9.71 Å². The summed E-state index contributed by atoms with van der Waals surface area (Å²) in [7, 11) is 0. The Hall–Kier alpha value is -1.77. The van der Waals surface area contributed by atoms with Gasteiger partial charge in [-0.3, -0.25) is 0 Å². The minimum absolute atomic E-state index is 0.756. The highest BCUT2D eigenvalue weighted by molar-refractivity contribution is 5.61. The van der Waals surface area contributed by atoms with E-state index in [0.717, 1.165) is 21.7 Å². The van der Waals surface area contributed by atoms with Gasteiger partial charge in [0.05, 0.1) is 11.4 Å². The molecule has 13 heavy (non-hydrogen) atoms. The Labute approximate surface area is 76.2 Å². The fourth-order valence-corrected chi connectivity index (χ4v) is 1.28. The van der Waals surface area contributed by atoms with Gasteiger partial charge in [-0.15, -0.1) is 0 Å². The molecule has 0 saturated carbocycles. The molecule has 2 aromatic rings. The van der Waals surface area contributed by atoms with Gasteiger partial charge in [-0.25, -0.2) is 4.98 Å². The molecule has 0 unspecified atom stereocenters. The lowest BCUT2D eigenvalue weighted by molar-refractivity contribution is 0.180. The summed E-state index contributed by atoms with van der Waals surface area (Å²) in [5, 5.41) is 9.26. The van der Waals surface area contributed by atoms with Gasteiger partial charge in [0.15, 0.2) is 0 Å². The molecule has 2 rings (SSSR count). The van der Waals surface area contributed by atoms with Gasteiger partial charge < -0.3 is 5.21 Å². The Morgan fingerprint density at radius 3 is 2.46 bits per heavy atom. The third-order valence-corrected chi connectivity index (χ3v) is 2.03. The first-order valence-corrected chi connectivity index (χ1v) is 4.07. The SMILES string of the molecule is Cc1c(-c2ccccc2)ncn1O. The molecule has 3 nitrogen and oxygen atoms in total. The molecule has 1 N–H and O–H groups in total. The Kier molecular flexibility index (Phi) is 1.77. The third-order valence-electron chi connectivity index (χ3n) is 2.03. The number of imidazole rings is 1. The van der Waals surface area contributed by atoms with Gasteiger partial charge in [0.25, 0.3) is 0 Å². The third kappa shape index (κ3) is 1.28. The van der Waals surface area contributed by atoms with Crippen LogP contribution < -0.4 is 0 Å². The molecule has 0 amide bonds. The van der Waals surface area contributed by atoms with E-state index in [1.807, 2.05) is 37.3 Å². The summed E-state index contributed by atoms with van der Waals surface area (Å²) in [4.78, 5) is 4.10. The average molecular weight is 174 g/mol. The monoisotopic (exact) mass is 174 g/mol. The summed E-state index contributed by atoms with van der Waals surface area (Å²) in [5.74, 6) is 0. The quantitative estimate of drug-likeness (QED) is 0.672. The van der Waals surface area contributed by atoms with E-state index in [2.05, 4.69) is 4.98 Å². The topological polar surface area (TPSA) is 38.0 Å². The zero-order valence-corrected chi connectivity index (χ0v) is 7.31. The van der Waals surface area contributed by atoms with Crippen molar-refractivity contribution in [2.24, 2.45) is 0 Å². The van der Waals surface area contributed by atoms with Gasteiger partial charge in [0.1, 0.15) is 6.33 Å². The van der Waals surface area contributed by atoms with E-state index in [0.29, 0.717) is 0 Å². The Balaban J connectivity index is 2.53. The van der Waals surface area contributed by atoms with Crippen LogP contribution in [-0.4, -0.2) is 14.9 Å². The normalized spacial score (nSPS) is 10.2. The second kappa shape index (κ2) is 2.94. The molecule has 1 aromatic heterocycles. The summed E-state index contributed by atoms with van der Waals surface area (Å²) >= 11 is 0. The standard InChI is InChI=1S/C10H10N2O/c1-8-10(11-7-12(8)13)9-5-3-2-4-6-9/h2-7,13H,1H3. The van der Waals surface area contributed by atoms with Crippen LogP contribution in [0.2, 0.25) is 0 Å². The van der Waals surface area contributed by atoms with Crippen LogP contribution in [0.3, 0.4) is 0 Å². The van der Waals surface area contributed by atoms with Gasteiger partial charge in [-0.2, -0.15) is 4.73 Å². The zero-order valence-electron chi connectivity index (χ0n) is 7.31. The van der Waals surface area contributed by atoms with Crippen molar-refractivity contribution in [1.29, 1.82) is 0 Å². The van der Waals surface area contributed by atoms with E-state index in [-0.39, 0.29) is 0 Å². The molecular formula is C10H10N2O. The first-order chi connectivity index (χ1) is 6.29. The lowest BCUT2D eigenvalue weighted by Gasteiger charge is -1.98. The van der Waals surface area contributed by atoms with Crippen molar-refractivity contribution < 1.29 is 5.21 Å². The van der Waals surface area contributed by atoms with Gasteiger partial charge >= 0.3 is 0 Å². The summed E-state index contributed by atoms with van der Waals surface area (Å²) in [6.07, 6.45) is 1.40. The summed E-state index contributed by atoms with van der Waals surface area (Å²) in [6.45, 7) is 1.83. The van der Waals surface area contributed by atoms with Crippen LogP contribution in [0.4, 0.5) is 0 Å². The van der Waals surface area contributed by atoms with Gasteiger partial charge in [0, 0.05) is 5.56 Å². The minimum Gasteiger partial charge on any atom is -0.427 e. The molecule has 0 aliphatic rings. The summed E-state index contributed by atoms with van der Waals surface area (Å²) < 4.78 is 1.03. The number of rotatable bonds is 1. The Morgan fingerprint density at radius 1 is 1.23 bits per heavy atom. The molecule has 3 heteroatoms. The maximum absolute atomic E-state index is 9.26. The number of hydrogen-bond donors (Lipinski definition) is 1. The van der Waals surface area contributed by atoms with Crippen molar-refractivity contribution in [2.45, 2.75) is 6.92 Å². The molecule has 0 bridgehead atoms. The average Bonchev–Trinajstić information content (AvgIpc) is 2.49. The number of nitrogens with zero attached hydrogens (tertiary/aromatic N) is 2. The smallest absolute Gasteiger partial charge is 0.132 e. The van der Waals surface area contributed by atoms with Gasteiger partial charge in [0.2, 0.25) is 0 Å². The maximum Gasteiger partial charge on any atom is 0.132 e. The van der Waals surface area contributed by atoms with Gasteiger partial charge in [-0.1, -0.05) is 30.3 Å². The van der Waals surface area contributed by atoms with Crippen LogP contribution in [0.5, 0.6) is 0 Å². The van der Waals surface area contributed by atoms with Crippen molar-refractivity contribution >= 4 is 0 Å². The van der Waals surface area contributed by atoms with E-state index in [9.17, 15) is 5.21 Å². The first-order valence-electron chi connectivity index (χ1n) is 4.07. The van der Waals surface area contributed by atoms with E-state index in [1.54, 1.807) is 0 Å². The van der Waals surface area contributed by atoms with Crippen LogP contribution in [0, 0.1) is 6.92 Å². The van der Waals surface area contributed by atoms with E-state index < -0.39 is 0 Å². The van der Waals surface area contributed by atoms with Crippen molar-refractivity contribution in [2.75, 3.05) is 0 Å². The highest BCUT2D eigenvalue weighted by Gasteiger charge is 2.06. The summed E-state index contributed by atoms with van der Waals surface area (Å²) in [5.41, 5.74) is 2.60. The number of aromatic nitrogens is 2. The van der Waals surface area contributed by atoms with Crippen LogP contribution in [0.1, 0.15) is 5.69 Å². The molecule has 0 aliphatic carbocycles. The lowest BCUT2D eigenvalue weighted by Crippen LogP contribution is -1.90. The molecule has 0 aliphatic heterocycles. The number of benzene rings is 1. The van der Waals surface area contributed by atoms with E-state index in [1.165, 1.54) is 6.33 Å². The summed E-state index contributed by atoms with van der Waals surface area (Å²) in [6, 6.07) is 9.79.